The van der Waals surface area contributed by atoms with Crippen LogP contribution in [0.1, 0.15) is 50.2 Å². The van der Waals surface area contributed by atoms with Gasteiger partial charge in [0.1, 0.15) is 6.04 Å². The summed E-state index contributed by atoms with van der Waals surface area (Å²) in [5, 5.41) is 3.79. The summed E-state index contributed by atoms with van der Waals surface area (Å²) in [6.07, 6.45) is 4.92. The van der Waals surface area contributed by atoms with Crippen LogP contribution in [0.5, 0.6) is 0 Å². The van der Waals surface area contributed by atoms with Crippen LogP contribution in [0.3, 0.4) is 0 Å². The maximum atomic E-state index is 13.3. The number of carbonyl (C=O) groups is 2. The molecule has 6 heteroatoms. The molecule has 0 saturated heterocycles. The van der Waals surface area contributed by atoms with E-state index in [2.05, 4.69) is 17.4 Å². The summed E-state index contributed by atoms with van der Waals surface area (Å²) in [5.41, 5.74) is 2.04. The number of halogens is 1. The highest BCUT2D eigenvalue weighted by atomic mass is 35.5. The first kappa shape index (κ1) is 23.7. The van der Waals surface area contributed by atoms with E-state index in [-0.39, 0.29) is 17.9 Å². The summed E-state index contributed by atoms with van der Waals surface area (Å²) < 4.78 is 0. The van der Waals surface area contributed by atoms with Crippen LogP contribution in [0.15, 0.2) is 54.6 Å². The summed E-state index contributed by atoms with van der Waals surface area (Å²) in [5.74, 6) is 1.00. The number of nitrogens with zero attached hydrogens (tertiary/aromatic N) is 1. The number of rotatable bonds is 10. The zero-order valence-electron chi connectivity index (χ0n) is 18.1. The fraction of sp³-hybridized carbons (Fsp3) is 0.440. The highest BCUT2D eigenvalue weighted by Gasteiger charge is 2.30. The van der Waals surface area contributed by atoms with Crippen LogP contribution in [-0.4, -0.2) is 34.6 Å². The number of benzene rings is 2. The van der Waals surface area contributed by atoms with E-state index in [1.54, 1.807) is 16.7 Å². The minimum Gasteiger partial charge on any atom is -0.352 e. The minimum absolute atomic E-state index is 0.0331. The Hall–Kier alpha value is -1.98. The van der Waals surface area contributed by atoms with Crippen LogP contribution < -0.4 is 5.32 Å². The maximum absolute atomic E-state index is 13.3. The van der Waals surface area contributed by atoms with E-state index in [1.165, 1.54) is 5.56 Å². The summed E-state index contributed by atoms with van der Waals surface area (Å²) in [7, 11) is 0. The van der Waals surface area contributed by atoms with Crippen molar-refractivity contribution in [3.05, 3.63) is 70.7 Å². The lowest BCUT2D eigenvalue weighted by Crippen LogP contribution is -2.51. The van der Waals surface area contributed by atoms with Gasteiger partial charge in [-0.25, -0.2) is 0 Å². The molecule has 0 spiro atoms. The predicted molar refractivity (Wildman–Crippen MR) is 129 cm³/mol. The lowest BCUT2D eigenvalue weighted by molar-refractivity contribution is -0.139. The normalized spacial score (nSPS) is 14.9. The standard InChI is InChI=1S/C25H31ClN2O2S/c1-2-23(25(30)27-21-13-7-8-14-21)28(16-20-12-6-9-15-22(20)26)24(29)18-31-17-19-10-4-3-5-11-19/h3-6,9-12,15,21,23H,2,7-8,13-14,16-18H2,1H3,(H,27,30)/t23-/m1/s1. The molecule has 1 fully saturated rings. The van der Waals surface area contributed by atoms with Crippen molar-refractivity contribution in [2.75, 3.05) is 5.75 Å². The third kappa shape index (κ3) is 7.01. The van der Waals surface area contributed by atoms with Crippen molar-refractivity contribution >= 4 is 35.2 Å². The molecule has 1 atom stereocenters. The van der Waals surface area contributed by atoms with E-state index in [1.807, 2.05) is 49.4 Å². The predicted octanol–water partition coefficient (Wildman–Crippen LogP) is 5.44. The number of nitrogens with one attached hydrogen (secondary N) is 1. The Kier molecular flexibility index (Phi) is 9.29. The number of amides is 2. The molecule has 1 N–H and O–H groups in total. The lowest BCUT2D eigenvalue weighted by Gasteiger charge is -2.31. The molecule has 1 aliphatic rings. The third-order valence-corrected chi connectivity index (χ3v) is 7.08. The number of carbonyl (C=O) groups excluding carboxylic acids is 2. The van der Waals surface area contributed by atoms with Gasteiger partial charge in [0, 0.05) is 23.4 Å². The van der Waals surface area contributed by atoms with E-state index in [0.29, 0.717) is 23.7 Å². The average molecular weight is 459 g/mol. The molecule has 4 nitrogen and oxygen atoms in total. The Bertz CT molecular complexity index is 856. The first-order valence-electron chi connectivity index (χ1n) is 11.0. The molecule has 2 aromatic carbocycles. The zero-order chi connectivity index (χ0) is 22.1. The SMILES string of the molecule is CC[C@H](C(=O)NC1CCCC1)N(Cc1ccccc1Cl)C(=O)CSCc1ccccc1. The van der Waals surface area contributed by atoms with E-state index in [0.717, 1.165) is 37.0 Å². The molecule has 2 amide bonds. The topological polar surface area (TPSA) is 49.4 Å². The quantitative estimate of drug-likeness (QED) is 0.515. The highest BCUT2D eigenvalue weighted by molar-refractivity contribution is 7.99. The van der Waals surface area contributed by atoms with Crippen molar-refractivity contribution in [3.63, 3.8) is 0 Å². The third-order valence-electron chi connectivity index (χ3n) is 5.72. The first-order chi connectivity index (χ1) is 15.1. The lowest BCUT2D eigenvalue weighted by atomic mass is 10.1. The molecule has 166 valence electrons. The second kappa shape index (κ2) is 12.2. The van der Waals surface area contributed by atoms with Crippen molar-refractivity contribution in [2.45, 2.75) is 63.4 Å². The van der Waals surface area contributed by atoms with Gasteiger partial charge in [0.2, 0.25) is 11.8 Å². The first-order valence-corrected chi connectivity index (χ1v) is 12.6. The highest BCUT2D eigenvalue weighted by Crippen LogP contribution is 2.23. The van der Waals surface area contributed by atoms with Crippen LogP contribution in [0.4, 0.5) is 0 Å². The monoisotopic (exact) mass is 458 g/mol. The van der Waals surface area contributed by atoms with E-state index in [9.17, 15) is 9.59 Å². The van der Waals surface area contributed by atoms with Crippen molar-refractivity contribution in [2.24, 2.45) is 0 Å². The van der Waals surface area contributed by atoms with E-state index < -0.39 is 6.04 Å². The fourth-order valence-corrected chi connectivity index (χ4v) is 5.08. The summed E-state index contributed by atoms with van der Waals surface area (Å²) >= 11 is 7.95. The van der Waals surface area contributed by atoms with Crippen molar-refractivity contribution in [3.8, 4) is 0 Å². The Morgan fingerprint density at radius 1 is 1.10 bits per heavy atom. The number of hydrogen-bond acceptors (Lipinski definition) is 3. The van der Waals surface area contributed by atoms with Crippen molar-refractivity contribution in [1.82, 2.24) is 10.2 Å². The summed E-state index contributed by atoms with van der Waals surface area (Å²) in [6, 6.07) is 17.4. The van der Waals surface area contributed by atoms with Gasteiger partial charge in [-0.1, -0.05) is 79.9 Å². The van der Waals surface area contributed by atoms with Gasteiger partial charge in [0.25, 0.3) is 0 Å². The smallest absolute Gasteiger partial charge is 0.243 e. The van der Waals surface area contributed by atoms with E-state index in [4.69, 9.17) is 11.6 Å². The molecule has 3 rings (SSSR count). The van der Waals surface area contributed by atoms with Gasteiger partial charge in [0.05, 0.1) is 5.75 Å². The van der Waals surface area contributed by atoms with Crippen molar-refractivity contribution < 1.29 is 9.59 Å². The Labute approximate surface area is 194 Å². The molecule has 31 heavy (non-hydrogen) atoms. The molecule has 1 saturated carbocycles. The van der Waals surface area contributed by atoms with Crippen LogP contribution in [-0.2, 0) is 21.9 Å². The van der Waals surface area contributed by atoms with Crippen LogP contribution in [0.2, 0.25) is 5.02 Å². The van der Waals surface area contributed by atoms with Crippen LogP contribution >= 0.6 is 23.4 Å². The van der Waals surface area contributed by atoms with Gasteiger partial charge in [-0.15, -0.1) is 11.8 Å². The number of hydrogen-bond donors (Lipinski definition) is 1. The van der Waals surface area contributed by atoms with Gasteiger partial charge in [-0.3, -0.25) is 9.59 Å². The fourth-order valence-electron chi connectivity index (χ4n) is 4.01. The second-order valence-electron chi connectivity index (χ2n) is 8.01. The molecule has 1 aliphatic carbocycles. The molecule has 0 unspecified atom stereocenters. The second-order valence-corrected chi connectivity index (χ2v) is 9.40. The van der Waals surface area contributed by atoms with Gasteiger partial charge in [0.15, 0.2) is 0 Å². The van der Waals surface area contributed by atoms with Crippen molar-refractivity contribution in [1.29, 1.82) is 0 Å². The Morgan fingerprint density at radius 3 is 2.45 bits per heavy atom. The molecule has 0 heterocycles. The van der Waals surface area contributed by atoms with Crippen LogP contribution in [0.25, 0.3) is 0 Å². The summed E-state index contributed by atoms with van der Waals surface area (Å²) in [4.78, 5) is 28.1. The van der Waals surface area contributed by atoms with Gasteiger partial charge >= 0.3 is 0 Å². The molecule has 0 radical (unpaired) electrons. The Morgan fingerprint density at radius 2 is 1.77 bits per heavy atom. The average Bonchev–Trinajstić information content (AvgIpc) is 3.28. The minimum atomic E-state index is -0.498. The molecule has 0 aromatic heterocycles. The molecule has 0 aliphatic heterocycles. The van der Waals surface area contributed by atoms with E-state index >= 15 is 0 Å². The van der Waals surface area contributed by atoms with Crippen LogP contribution in [0, 0.1) is 0 Å². The van der Waals surface area contributed by atoms with Gasteiger partial charge in [-0.2, -0.15) is 0 Å². The van der Waals surface area contributed by atoms with Gasteiger partial charge in [-0.05, 0) is 36.5 Å². The molecule has 0 bridgehead atoms. The summed E-state index contributed by atoms with van der Waals surface area (Å²) in [6.45, 7) is 2.30. The number of thioether (sulfide) groups is 1. The molecule has 2 aromatic rings. The molecular weight excluding hydrogens is 428 g/mol. The molecular formula is C25H31ClN2O2S. The largest absolute Gasteiger partial charge is 0.352 e. The Balaban J connectivity index is 1.71. The zero-order valence-corrected chi connectivity index (χ0v) is 19.6. The van der Waals surface area contributed by atoms with Gasteiger partial charge < -0.3 is 10.2 Å². The maximum Gasteiger partial charge on any atom is 0.243 e.